The topological polar surface area (TPSA) is 71.9 Å². The van der Waals surface area contributed by atoms with Crippen LogP contribution in [0.1, 0.15) is 23.0 Å². The molecule has 36 heavy (non-hydrogen) atoms. The fourth-order valence-electron chi connectivity index (χ4n) is 4.65. The Kier molecular flexibility index (Phi) is 6.59. The zero-order valence-corrected chi connectivity index (χ0v) is 21.6. The number of fused-ring (bicyclic) bond motifs is 1. The molecular formula is C26H26FN3O4S2. The molecule has 7 nitrogen and oxygen atoms in total. The lowest BCUT2D eigenvalue weighted by molar-refractivity contribution is 0.0632. The third-order valence-corrected chi connectivity index (χ3v) is 9.45. The van der Waals surface area contributed by atoms with Crippen molar-refractivity contribution in [3.05, 3.63) is 83.1 Å². The number of methoxy groups -OCH3 is 1. The number of ether oxygens (including phenoxy) is 1. The van der Waals surface area contributed by atoms with Crippen molar-refractivity contribution in [2.24, 2.45) is 0 Å². The summed E-state index contributed by atoms with van der Waals surface area (Å²) in [5.74, 6) is 0.0969. The van der Waals surface area contributed by atoms with E-state index < -0.39 is 16.1 Å². The monoisotopic (exact) mass is 527 g/mol. The van der Waals surface area contributed by atoms with E-state index in [2.05, 4.69) is 0 Å². The first-order valence-electron chi connectivity index (χ1n) is 11.5. The summed E-state index contributed by atoms with van der Waals surface area (Å²) in [5, 5.41) is 2.92. The van der Waals surface area contributed by atoms with Gasteiger partial charge in [-0.2, -0.15) is 4.31 Å². The van der Waals surface area contributed by atoms with Crippen LogP contribution in [-0.4, -0.2) is 60.9 Å². The van der Waals surface area contributed by atoms with Crippen LogP contribution >= 0.6 is 11.3 Å². The van der Waals surface area contributed by atoms with Gasteiger partial charge in [0.05, 0.1) is 12.0 Å². The van der Waals surface area contributed by atoms with E-state index in [0.717, 1.165) is 15.8 Å². The smallest absolute Gasteiger partial charge is 0.270 e. The van der Waals surface area contributed by atoms with Gasteiger partial charge in [-0.15, -0.1) is 11.3 Å². The first kappa shape index (κ1) is 24.5. The van der Waals surface area contributed by atoms with E-state index in [0.29, 0.717) is 18.0 Å². The van der Waals surface area contributed by atoms with Gasteiger partial charge < -0.3 is 14.2 Å². The molecular weight excluding hydrogens is 501 g/mol. The highest BCUT2D eigenvalue weighted by atomic mass is 32.2. The summed E-state index contributed by atoms with van der Waals surface area (Å²) >= 11 is 1.53. The highest BCUT2D eigenvalue weighted by molar-refractivity contribution is 7.89. The maximum Gasteiger partial charge on any atom is 0.270 e. The van der Waals surface area contributed by atoms with Crippen molar-refractivity contribution >= 4 is 37.5 Å². The van der Waals surface area contributed by atoms with Gasteiger partial charge in [0, 0.05) is 37.6 Å². The van der Waals surface area contributed by atoms with Gasteiger partial charge in [-0.1, -0.05) is 12.1 Å². The number of rotatable bonds is 6. The molecule has 1 unspecified atom stereocenters. The normalized spacial score (nSPS) is 17.0. The molecule has 188 valence electrons. The first-order chi connectivity index (χ1) is 17.3. The predicted molar refractivity (Wildman–Crippen MR) is 138 cm³/mol. The number of aromatic nitrogens is 1. The van der Waals surface area contributed by atoms with Crippen molar-refractivity contribution in [2.75, 3.05) is 26.7 Å². The maximum absolute atomic E-state index is 13.8. The fourth-order valence-corrected chi connectivity index (χ4v) is 7.16. The van der Waals surface area contributed by atoms with Crippen molar-refractivity contribution in [1.29, 1.82) is 0 Å². The summed E-state index contributed by atoms with van der Waals surface area (Å²) < 4.78 is 48.8. The number of carbonyl (C=O) groups is 1. The standard InChI is InChI=1S/C26H26FN3O4S2/c1-18-16-28(11-12-30(18)36(32,33)23-8-6-22(34-2)7-9-23)25(31)24-15-20-10-13-35-26(20)29(24)17-19-4-3-5-21(27)14-19/h3-10,13-15,18H,11-12,16-17H2,1-2H3. The second-order valence-corrected chi connectivity index (χ2v) is 11.6. The van der Waals surface area contributed by atoms with Crippen LogP contribution in [0.2, 0.25) is 0 Å². The van der Waals surface area contributed by atoms with E-state index in [-0.39, 0.29) is 36.3 Å². The Hall–Kier alpha value is -3.21. The molecule has 2 aromatic carbocycles. The summed E-state index contributed by atoms with van der Waals surface area (Å²) in [4.78, 5) is 16.5. The van der Waals surface area contributed by atoms with E-state index in [1.165, 1.54) is 47.0 Å². The fraction of sp³-hybridized carbons (Fsp3) is 0.269. The van der Waals surface area contributed by atoms with Gasteiger partial charge in [-0.25, -0.2) is 12.8 Å². The van der Waals surface area contributed by atoms with Gasteiger partial charge >= 0.3 is 0 Å². The second-order valence-electron chi connectivity index (χ2n) is 8.82. The molecule has 1 atom stereocenters. The van der Waals surface area contributed by atoms with Crippen molar-refractivity contribution in [3.63, 3.8) is 0 Å². The number of sulfonamides is 1. The number of halogens is 1. The van der Waals surface area contributed by atoms with Crippen LogP contribution in [0.5, 0.6) is 5.75 Å². The summed E-state index contributed by atoms with van der Waals surface area (Å²) in [6.07, 6.45) is 0. The molecule has 0 saturated carbocycles. The molecule has 0 aliphatic carbocycles. The second kappa shape index (κ2) is 9.68. The van der Waals surface area contributed by atoms with Crippen LogP contribution in [0.4, 0.5) is 4.39 Å². The Morgan fingerprint density at radius 3 is 2.58 bits per heavy atom. The maximum atomic E-state index is 13.8. The van der Waals surface area contributed by atoms with Crippen molar-refractivity contribution in [1.82, 2.24) is 13.8 Å². The molecule has 5 rings (SSSR count). The molecule has 1 amide bonds. The number of carbonyl (C=O) groups excluding carboxylic acids is 1. The van der Waals surface area contributed by atoms with E-state index in [9.17, 15) is 17.6 Å². The molecule has 1 fully saturated rings. The van der Waals surface area contributed by atoms with Gasteiger partial charge in [0.1, 0.15) is 22.1 Å². The summed E-state index contributed by atoms with van der Waals surface area (Å²) in [6, 6.07) is 16.1. The molecule has 1 saturated heterocycles. The lowest BCUT2D eigenvalue weighted by atomic mass is 10.2. The van der Waals surface area contributed by atoms with Crippen LogP contribution in [0.3, 0.4) is 0 Å². The van der Waals surface area contributed by atoms with Crippen LogP contribution in [0, 0.1) is 5.82 Å². The highest BCUT2D eigenvalue weighted by Crippen LogP contribution is 2.29. The number of nitrogens with zero attached hydrogens (tertiary/aromatic N) is 3. The average Bonchev–Trinajstić information content (AvgIpc) is 3.46. The van der Waals surface area contributed by atoms with E-state index >= 15 is 0 Å². The number of benzene rings is 2. The molecule has 2 aromatic heterocycles. The van der Waals surface area contributed by atoms with Crippen LogP contribution < -0.4 is 4.74 Å². The Morgan fingerprint density at radius 1 is 1.11 bits per heavy atom. The van der Waals surface area contributed by atoms with Gasteiger partial charge in [0.25, 0.3) is 5.91 Å². The van der Waals surface area contributed by atoms with Crippen LogP contribution in [0.25, 0.3) is 10.2 Å². The van der Waals surface area contributed by atoms with Gasteiger partial charge in [0.15, 0.2) is 0 Å². The number of hydrogen-bond acceptors (Lipinski definition) is 5. The minimum absolute atomic E-state index is 0.164. The van der Waals surface area contributed by atoms with Crippen molar-refractivity contribution in [3.8, 4) is 5.75 Å². The first-order valence-corrected chi connectivity index (χ1v) is 13.9. The molecule has 3 heterocycles. The third-order valence-electron chi connectivity index (χ3n) is 6.47. The van der Waals surface area contributed by atoms with Crippen molar-refractivity contribution in [2.45, 2.75) is 24.4 Å². The summed E-state index contributed by atoms with van der Waals surface area (Å²) in [7, 11) is -2.19. The van der Waals surface area contributed by atoms with Crippen LogP contribution in [0.15, 0.2) is 70.9 Å². The number of piperazine rings is 1. The van der Waals surface area contributed by atoms with Crippen molar-refractivity contribution < 1.29 is 22.3 Å². The molecule has 1 aliphatic heterocycles. The Balaban J connectivity index is 1.37. The molecule has 0 bridgehead atoms. The van der Waals surface area contributed by atoms with E-state index in [1.807, 2.05) is 35.1 Å². The highest BCUT2D eigenvalue weighted by Gasteiger charge is 2.36. The number of amides is 1. The van der Waals surface area contributed by atoms with Gasteiger partial charge in [-0.3, -0.25) is 4.79 Å². The third kappa shape index (κ3) is 4.52. The minimum atomic E-state index is -3.71. The zero-order chi connectivity index (χ0) is 25.4. The molecule has 10 heteroatoms. The number of hydrogen-bond donors (Lipinski definition) is 0. The molecule has 0 N–H and O–H groups in total. The lowest BCUT2D eigenvalue weighted by Gasteiger charge is -2.39. The quantitative estimate of drug-likeness (QED) is 0.372. The SMILES string of the molecule is COc1ccc(S(=O)(=O)N2CCN(C(=O)c3cc4ccsc4n3Cc3cccc(F)c3)CC2C)cc1. The van der Waals surface area contributed by atoms with Crippen LogP contribution in [-0.2, 0) is 16.6 Å². The van der Waals surface area contributed by atoms with E-state index in [1.54, 1.807) is 23.1 Å². The minimum Gasteiger partial charge on any atom is -0.497 e. The predicted octanol–water partition coefficient (Wildman–Crippen LogP) is 4.43. The average molecular weight is 528 g/mol. The molecule has 1 aliphatic rings. The molecule has 0 radical (unpaired) electrons. The van der Waals surface area contributed by atoms with Gasteiger partial charge in [0.2, 0.25) is 10.0 Å². The Labute approximate surface area is 213 Å². The summed E-state index contributed by atoms with van der Waals surface area (Å²) in [6.45, 7) is 2.92. The number of thiophene rings is 1. The van der Waals surface area contributed by atoms with Gasteiger partial charge in [-0.05, 0) is 66.4 Å². The molecule has 4 aromatic rings. The summed E-state index contributed by atoms with van der Waals surface area (Å²) in [5.41, 5.74) is 1.28. The molecule has 0 spiro atoms. The largest absolute Gasteiger partial charge is 0.497 e. The lowest BCUT2D eigenvalue weighted by Crippen LogP contribution is -2.55. The van der Waals surface area contributed by atoms with E-state index in [4.69, 9.17) is 4.74 Å². The Bertz CT molecular complexity index is 1510. The Morgan fingerprint density at radius 2 is 1.89 bits per heavy atom. The zero-order valence-electron chi connectivity index (χ0n) is 19.9.